The highest BCUT2D eigenvalue weighted by Crippen LogP contribution is 2.40. The number of carbonyl (C=O) groups excluding carboxylic acids is 1. The third-order valence-electron chi connectivity index (χ3n) is 7.60. The molecular formula is C26H26N2O10. The summed E-state index contributed by atoms with van der Waals surface area (Å²) >= 11 is 0. The Hall–Kier alpha value is -3.39. The van der Waals surface area contributed by atoms with E-state index in [9.17, 15) is 35.1 Å². The first kappa shape index (κ1) is 24.9. The Kier molecular flexibility index (Phi) is 5.79. The Bertz CT molecular complexity index is 1520. The van der Waals surface area contributed by atoms with Crippen molar-refractivity contribution < 1.29 is 44.5 Å². The van der Waals surface area contributed by atoms with E-state index < -0.39 is 48.9 Å². The van der Waals surface area contributed by atoms with Crippen molar-refractivity contribution in [1.29, 1.82) is 0 Å². The van der Waals surface area contributed by atoms with Crippen LogP contribution in [0.5, 0.6) is 5.75 Å². The second kappa shape index (κ2) is 8.83. The molecule has 12 heteroatoms. The molecule has 3 aliphatic rings. The van der Waals surface area contributed by atoms with Gasteiger partial charge >= 0.3 is 5.97 Å². The summed E-state index contributed by atoms with van der Waals surface area (Å²) in [6.07, 6.45) is -7.14. The molecule has 0 spiro atoms. The van der Waals surface area contributed by atoms with Crippen molar-refractivity contribution >= 4 is 16.9 Å². The van der Waals surface area contributed by atoms with Crippen LogP contribution in [0.3, 0.4) is 0 Å². The number of aliphatic hydroxyl groups is 5. The van der Waals surface area contributed by atoms with Crippen LogP contribution in [0, 0.1) is 0 Å². The summed E-state index contributed by atoms with van der Waals surface area (Å²) in [5.41, 5.74) is 0.310. The van der Waals surface area contributed by atoms with Crippen molar-refractivity contribution in [2.75, 3.05) is 6.61 Å². The SMILES string of the molecule is CC[C@@]1(O)C(=O)OCc2c1cc1n(c2=O)Cc2cc3c(O[C@@H]4O[C@H](CO)[C@@H](O)[C@H](O)[C@H]4O)cccc3nc2-1. The van der Waals surface area contributed by atoms with Gasteiger partial charge in [0.25, 0.3) is 5.56 Å². The fourth-order valence-electron chi connectivity index (χ4n) is 5.37. The van der Waals surface area contributed by atoms with Crippen LogP contribution in [0.2, 0.25) is 0 Å². The fraction of sp³-hybridized carbons (Fsp3) is 0.423. The van der Waals surface area contributed by atoms with Gasteiger partial charge in [0.1, 0.15) is 36.8 Å². The van der Waals surface area contributed by atoms with E-state index in [0.29, 0.717) is 27.9 Å². The van der Waals surface area contributed by atoms with Crippen LogP contribution in [-0.2, 0) is 33.0 Å². The summed E-state index contributed by atoms with van der Waals surface area (Å²) in [6.45, 7) is 1.01. The first-order valence-electron chi connectivity index (χ1n) is 12.2. The highest BCUT2D eigenvalue weighted by Gasteiger charge is 2.46. The number of rotatable bonds is 4. The van der Waals surface area contributed by atoms with E-state index >= 15 is 0 Å². The Morgan fingerprint density at radius 1 is 1.16 bits per heavy atom. The minimum atomic E-state index is -1.92. The van der Waals surface area contributed by atoms with Gasteiger partial charge in [0.05, 0.1) is 35.6 Å². The van der Waals surface area contributed by atoms with Gasteiger partial charge in [-0.2, -0.15) is 0 Å². The van der Waals surface area contributed by atoms with E-state index in [1.54, 1.807) is 37.3 Å². The maximum atomic E-state index is 13.4. The van der Waals surface area contributed by atoms with E-state index in [1.807, 2.05) is 0 Å². The quantitative estimate of drug-likeness (QED) is 0.211. The van der Waals surface area contributed by atoms with Crippen LogP contribution in [0.4, 0.5) is 0 Å². The van der Waals surface area contributed by atoms with Gasteiger partial charge in [-0.15, -0.1) is 0 Å². The molecule has 1 aromatic carbocycles. The van der Waals surface area contributed by atoms with Crippen LogP contribution >= 0.6 is 0 Å². The van der Waals surface area contributed by atoms with E-state index in [-0.39, 0.29) is 42.0 Å². The molecule has 38 heavy (non-hydrogen) atoms. The number of aromatic nitrogens is 2. The maximum Gasteiger partial charge on any atom is 0.343 e. The molecule has 0 saturated carbocycles. The summed E-state index contributed by atoms with van der Waals surface area (Å²) in [7, 11) is 0. The van der Waals surface area contributed by atoms with E-state index in [4.69, 9.17) is 19.2 Å². The van der Waals surface area contributed by atoms with Crippen molar-refractivity contribution in [2.45, 2.75) is 62.8 Å². The second-order valence-electron chi connectivity index (χ2n) is 9.74. The molecule has 6 atom stereocenters. The number of nitrogens with zero attached hydrogens (tertiary/aromatic N) is 2. The lowest BCUT2D eigenvalue weighted by Gasteiger charge is -2.39. The third kappa shape index (κ3) is 3.49. The lowest BCUT2D eigenvalue weighted by atomic mass is 9.86. The molecule has 2 aromatic heterocycles. The number of esters is 1. The molecule has 0 unspecified atom stereocenters. The minimum absolute atomic E-state index is 0.0401. The number of aliphatic hydroxyl groups excluding tert-OH is 4. The first-order valence-corrected chi connectivity index (χ1v) is 12.2. The minimum Gasteiger partial charge on any atom is -0.461 e. The Morgan fingerprint density at radius 2 is 1.95 bits per heavy atom. The summed E-state index contributed by atoms with van der Waals surface area (Å²) in [5.74, 6) is -0.527. The third-order valence-corrected chi connectivity index (χ3v) is 7.60. The van der Waals surface area contributed by atoms with E-state index in [0.717, 1.165) is 0 Å². The van der Waals surface area contributed by atoms with Gasteiger partial charge in [-0.25, -0.2) is 9.78 Å². The normalized spacial score (nSPS) is 29.9. The molecule has 12 nitrogen and oxygen atoms in total. The molecule has 0 radical (unpaired) electrons. The summed E-state index contributed by atoms with van der Waals surface area (Å²) in [4.78, 5) is 30.5. The van der Waals surface area contributed by atoms with Gasteiger partial charge < -0.3 is 44.3 Å². The standard InChI is InChI=1S/C26H26N2O10/c1-2-26(35)14-7-16-19-11(8-28(16)23(33)13(14)10-36-25(26)34)6-12-15(27-19)4-3-5-17(12)37-24-22(32)21(31)20(30)18(9-29)38-24/h3-7,18,20-22,24,29-32,35H,2,8-10H2,1H3/t18-,20-,21+,22-,24-,26+/m1/s1. The molecular weight excluding hydrogens is 500 g/mol. The largest absolute Gasteiger partial charge is 0.461 e. The highest BCUT2D eigenvalue weighted by atomic mass is 16.7. The molecule has 3 aromatic rings. The lowest BCUT2D eigenvalue weighted by molar-refractivity contribution is -0.277. The Morgan fingerprint density at radius 3 is 2.68 bits per heavy atom. The number of hydrogen-bond donors (Lipinski definition) is 5. The van der Waals surface area contributed by atoms with Crippen LogP contribution in [0.25, 0.3) is 22.3 Å². The zero-order valence-electron chi connectivity index (χ0n) is 20.3. The van der Waals surface area contributed by atoms with Crippen LogP contribution in [-0.4, -0.2) is 78.4 Å². The van der Waals surface area contributed by atoms with Crippen molar-refractivity contribution in [2.24, 2.45) is 0 Å². The van der Waals surface area contributed by atoms with Gasteiger partial charge in [-0.3, -0.25) is 4.79 Å². The monoisotopic (exact) mass is 526 g/mol. The van der Waals surface area contributed by atoms with Gasteiger partial charge in [-0.05, 0) is 30.7 Å². The Labute approximate surface area is 215 Å². The van der Waals surface area contributed by atoms with E-state index in [1.165, 1.54) is 4.57 Å². The van der Waals surface area contributed by atoms with Gasteiger partial charge in [0.15, 0.2) is 5.60 Å². The van der Waals surface area contributed by atoms with Crippen molar-refractivity contribution in [3.63, 3.8) is 0 Å². The number of cyclic esters (lactones) is 1. The molecule has 5 heterocycles. The first-order chi connectivity index (χ1) is 18.2. The van der Waals surface area contributed by atoms with Crippen LogP contribution in [0.15, 0.2) is 35.1 Å². The number of benzene rings is 1. The molecule has 1 saturated heterocycles. The highest BCUT2D eigenvalue weighted by molar-refractivity contribution is 5.89. The molecule has 0 aliphatic carbocycles. The topological polar surface area (TPSA) is 181 Å². The van der Waals surface area contributed by atoms with Crippen LogP contribution in [0.1, 0.15) is 30.0 Å². The smallest absolute Gasteiger partial charge is 0.343 e. The van der Waals surface area contributed by atoms with Gasteiger partial charge in [-0.1, -0.05) is 13.0 Å². The maximum absolute atomic E-state index is 13.4. The zero-order valence-corrected chi connectivity index (χ0v) is 20.3. The predicted octanol–water partition coefficient (Wildman–Crippen LogP) is -0.742. The summed E-state index contributed by atoms with van der Waals surface area (Å²) in [5, 5.41) is 51.6. The molecule has 200 valence electrons. The van der Waals surface area contributed by atoms with Crippen LogP contribution < -0.4 is 10.3 Å². The predicted molar refractivity (Wildman–Crippen MR) is 129 cm³/mol. The zero-order chi connectivity index (χ0) is 26.9. The number of pyridine rings is 2. The van der Waals surface area contributed by atoms with Gasteiger partial charge in [0.2, 0.25) is 6.29 Å². The van der Waals surface area contributed by atoms with Gasteiger partial charge in [0, 0.05) is 16.5 Å². The van der Waals surface area contributed by atoms with Crippen molar-refractivity contribution in [3.05, 3.63) is 57.4 Å². The molecule has 5 N–H and O–H groups in total. The molecule has 3 aliphatic heterocycles. The Balaban J connectivity index is 1.42. The van der Waals surface area contributed by atoms with Crippen molar-refractivity contribution in [3.8, 4) is 17.1 Å². The number of fused-ring (bicyclic) bond motifs is 5. The number of hydrogen-bond acceptors (Lipinski definition) is 11. The fourth-order valence-corrected chi connectivity index (χ4v) is 5.37. The molecule has 6 rings (SSSR count). The van der Waals surface area contributed by atoms with Crippen molar-refractivity contribution in [1.82, 2.24) is 9.55 Å². The molecule has 1 fully saturated rings. The number of ether oxygens (including phenoxy) is 3. The lowest BCUT2D eigenvalue weighted by Crippen LogP contribution is -2.60. The number of carbonyl (C=O) groups is 1. The molecule has 0 bridgehead atoms. The second-order valence-corrected chi connectivity index (χ2v) is 9.74. The summed E-state index contributed by atoms with van der Waals surface area (Å²) in [6, 6.07) is 8.43. The van der Waals surface area contributed by atoms with E-state index in [2.05, 4.69) is 0 Å². The summed E-state index contributed by atoms with van der Waals surface area (Å²) < 4.78 is 18.0. The average molecular weight is 526 g/mol. The molecule has 0 amide bonds. The average Bonchev–Trinajstić information content (AvgIpc) is 3.28.